The molecule has 0 aliphatic carbocycles. The average molecular weight is 324 g/mol. The maximum atomic E-state index is 11.2. The van der Waals surface area contributed by atoms with Crippen molar-refractivity contribution in [2.45, 2.75) is 0 Å². The second-order valence-electron chi connectivity index (χ2n) is 5.19. The molecular formula is C17H10ClN3O2. The zero-order valence-electron chi connectivity index (χ0n) is 11.8. The summed E-state index contributed by atoms with van der Waals surface area (Å²) in [6, 6.07) is 16.0. The Labute approximate surface area is 135 Å². The number of benzene rings is 2. The van der Waals surface area contributed by atoms with E-state index in [1.54, 1.807) is 24.3 Å². The number of aromatic amines is 1. The van der Waals surface area contributed by atoms with E-state index < -0.39 is 0 Å². The summed E-state index contributed by atoms with van der Waals surface area (Å²) in [6.07, 6.45) is 0. The van der Waals surface area contributed by atoms with Crippen molar-refractivity contribution in [3.63, 3.8) is 0 Å². The van der Waals surface area contributed by atoms with Crippen LogP contribution >= 0.6 is 11.6 Å². The Bertz CT molecular complexity index is 1070. The van der Waals surface area contributed by atoms with Crippen LogP contribution in [0.4, 0.5) is 5.69 Å². The Balaban J connectivity index is 1.99. The summed E-state index contributed by atoms with van der Waals surface area (Å²) in [4.78, 5) is 18.3. The first-order valence-electron chi connectivity index (χ1n) is 6.95. The molecule has 2 heterocycles. The van der Waals surface area contributed by atoms with Gasteiger partial charge in [-0.1, -0.05) is 29.8 Å². The van der Waals surface area contributed by atoms with E-state index in [-0.39, 0.29) is 10.6 Å². The summed E-state index contributed by atoms with van der Waals surface area (Å²) in [7, 11) is 0. The van der Waals surface area contributed by atoms with Crippen molar-refractivity contribution in [2.24, 2.45) is 0 Å². The van der Waals surface area contributed by atoms with Crippen LogP contribution in [-0.4, -0.2) is 14.9 Å². The Morgan fingerprint density at radius 2 is 1.87 bits per heavy atom. The fourth-order valence-electron chi connectivity index (χ4n) is 2.80. The third-order valence-corrected chi connectivity index (χ3v) is 4.05. The molecule has 0 unspecified atom stereocenters. The van der Waals surface area contributed by atoms with Gasteiger partial charge in [-0.2, -0.15) is 0 Å². The van der Waals surface area contributed by atoms with E-state index in [0.717, 1.165) is 21.9 Å². The van der Waals surface area contributed by atoms with Crippen LogP contribution in [0.25, 0.3) is 33.1 Å². The Kier molecular flexibility index (Phi) is 3.02. The van der Waals surface area contributed by atoms with E-state index in [1.807, 2.05) is 24.3 Å². The second-order valence-corrected chi connectivity index (χ2v) is 5.58. The summed E-state index contributed by atoms with van der Waals surface area (Å²) in [5, 5.41) is 13.5. The number of nitrogens with zero attached hydrogens (tertiary/aromatic N) is 2. The smallest absolute Gasteiger partial charge is 0.277 e. The predicted molar refractivity (Wildman–Crippen MR) is 90.7 cm³/mol. The van der Waals surface area contributed by atoms with Crippen molar-refractivity contribution >= 4 is 39.2 Å². The van der Waals surface area contributed by atoms with Gasteiger partial charge in [0, 0.05) is 22.4 Å². The molecular weight excluding hydrogens is 314 g/mol. The fourth-order valence-corrected chi connectivity index (χ4v) is 2.94. The van der Waals surface area contributed by atoms with Crippen LogP contribution in [0, 0.1) is 10.1 Å². The molecule has 0 atom stereocenters. The van der Waals surface area contributed by atoms with Gasteiger partial charge in [-0.3, -0.25) is 10.1 Å². The van der Waals surface area contributed by atoms with Crippen LogP contribution in [0.3, 0.4) is 0 Å². The highest BCUT2D eigenvalue weighted by Gasteiger charge is 2.15. The minimum atomic E-state index is -0.365. The number of H-pyrrole nitrogens is 1. The summed E-state index contributed by atoms with van der Waals surface area (Å²) in [6.45, 7) is 0. The Hall–Kier alpha value is -2.92. The Morgan fingerprint density at radius 3 is 2.70 bits per heavy atom. The highest BCUT2D eigenvalue weighted by Crippen LogP contribution is 2.34. The number of nitrogens with one attached hydrogen (secondary N) is 1. The minimum absolute atomic E-state index is 0.0906. The maximum absolute atomic E-state index is 11.2. The number of pyridine rings is 1. The van der Waals surface area contributed by atoms with Gasteiger partial charge in [-0.25, -0.2) is 4.98 Å². The van der Waals surface area contributed by atoms with E-state index in [0.29, 0.717) is 16.4 Å². The van der Waals surface area contributed by atoms with Crippen LogP contribution in [-0.2, 0) is 0 Å². The van der Waals surface area contributed by atoms with Gasteiger partial charge in [0.2, 0.25) is 0 Å². The molecule has 1 N–H and O–H groups in total. The zero-order chi connectivity index (χ0) is 16.0. The number of rotatable bonds is 2. The number of fused-ring (bicyclic) bond motifs is 3. The summed E-state index contributed by atoms with van der Waals surface area (Å²) >= 11 is 5.92. The quantitative estimate of drug-likeness (QED) is 0.322. The van der Waals surface area contributed by atoms with Crippen molar-refractivity contribution in [3.05, 3.63) is 69.9 Å². The number of hydrogen-bond acceptors (Lipinski definition) is 3. The van der Waals surface area contributed by atoms with E-state index >= 15 is 0 Å². The van der Waals surface area contributed by atoms with E-state index in [9.17, 15) is 10.1 Å². The van der Waals surface area contributed by atoms with Crippen LogP contribution in [0.1, 0.15) is 0 Å². The number of nitro benzene ring substituents is 1. The standard InChI is InChI=1S/C17H10ClN3O2/c18-16-8-6-12-13-9-10(5-7-14(13)19-17(12)20-16)11-3-1-2-4-15(11)21(22)23/h1-9H,(H,19,20). The van der Waals surface area contributed by atoms with Crippen molar-refractivity contribution in [1.82, 2.24) is 9.97 Å². The lowest BCUT2D eigenvalue weighted by atomic mass is 10.0. The first-order chi connectivity index (χ1) is 11.1. The first kappa shape index (κ1) is 13.7. The monoisotopic (exact) mass is 323 g/mol. The molecule has 4 aromatic rings. The van der Waals surface area contributed by atoms with E-state index in [1.165, 1.54) is 6.07 Å². The number of para-hydroxylation sites is 1. The molecule has 0 saturated heterocycles. The molecule has 0 fully saturated rings. The molecule has 0 spiro atoms. The average Bonchev–Trinajstić information content (AvgIpc) is 2.91. The van der Waals surface area contributed by atoms with Crippen molar-refractivity contribution in [2.75, 3.05) is 0 Å². The van der Waals surface area contributed by atoms with Gasteiger partial charge in [0.25, 0.3) is 5.69 Å². The first-order valence-corrected chi connectivity index (χ1v) is 7.33. The highest BCUT2D eigenvalue weighted by molar-refractivity contribution is 6.30. The topological polar surface area (TPSA) is 71.8 Å². The van der Waals surface area contributed by atoms with Crippen molar-refractivity contribution in [3.8, 4) is 11.1 Å². The van der Waals surface area contributed by atoms with Crippen LogP contribution in [0.15, 0.2) is 54.6 Å². The largest absolute Gasteiger partial charge is 0.339 e. The van der Waals surface area contributed by atoms with Crippen molar-refractivity contribution < 1.29 is 4.92 Å². The molecule has 2 aromatic carbocycles. The summed E-state index contributed by atoms with van der Waals surface area (Å²) in [5.74, 6) is 0. The number of nitro groups is 1. The molecule has 0 radical (unpaired) electrons. The zero-order valence-corrected chi connectivity index (χ0v) is 12.5. The van der Waals surface area contributed by atoms with Crippen molar-refractivity contribution in [1.29, 1.82) is 0 Å². The highest BCUT2D eigenvalue weighted by atomic mass is 35.5. The van der Waals surface area contributed by atoms with Gasteiger partial charge in [0.05, 0.1) is 10.5 Å². The molecule has 23 heavy (non-hydrogen) atoms. The number of halogens is 1. The summed E-state index contributed by atoms with van der Waals surface area (Å²) < 4.78 is 0. The Morgan fingerprint density at radius 1 is 1.04 bits per heavy atom. The second kappa shape index (κ2) is 5.07. The normalized spacial score (nSPS) is 11.2. The predicted octanol–water partition coefficient (Wildman–Crippen LogP) is 4.94. The van der Waals surface area contributed by atoms with Gasteiger partial charge < -0.3 is 4.98 Å². The lowest BCUT2D eigenvalue weighted by molar-refractivity contribution is -0.384. The van der Waals surface area contributed by atoms with Gasteiger partial charge in [-0.15, -0.1) is 0 Å². The van der Waals surface area contributed by atoms with E-state index in [4.69, 9.17) is 11.6 Å². The maximum Gasteiger partial charge on any atom is 0.277 e. The molecule has 0 bridgehead atoms. The molecule has 6 heteroatoms. The molecule has 112 valence electrons. The SMILES string of the molecule is O=[N+]([O-])c1ccccc1-c1ccc2[nH]c3nc(Cl)ccc3c2c1. The van der Waals surface area contributed by atoms with Crippen LogP contribution in [0.2, 0.25) is 5.15 Å². The van der Waals surface area contributed by atoms with Gasteiger partial charge >= 0.3 is 0 Å². The number of hydrogen-bond donors (Lipinski definition) is 1. The molecule has 4 rings (SSSR count). The van der Waals surface area contributed by atoms with E-state index in [2.05, 4.69) is 9.97 Å². The number of aromatic nitrogens is 2. The van der Waals surface area contributed by atoms with Gasteiger partial charge in [0.15, 0.2) is 0 Å². The lowest BCUT2D eigenvalue weighted by Crippen LogP contribution is -1.91. The van der Waals surface area contributed by atoms with Gasteiger partial charge in [0.1, 0.15) is 10.8 Å². The molecule has 0 aliphatic heterocycles. The molecule has 0 saturated carbocycles. The summed E-state index contributed by atoms with van der Waals surface area (Å²) in [5.41, 5.74) is 3.09. The molecule has 0 aliphatic rings. The third kappa shape index (κ3) is 2.22. The van der Waals surface area contributed by atoms with Gasteiger partial charge in [-0.05, 0) is 35.9 Å². The molecule has 2 aromatic heterocycles. The minimum Gasteiger partial charge on any atom is -0.339 e. The third-order valence-electron chi connectivity index (χ3n) is 3.84. The molecule has 0 amide bonds. The molecule has 5 nitrogen and oxygen atoms in total. The lowest BCUT2D eigenvalue weighted by Gasteiger charge is -2.03. The van der Waals surface area contributed by atoms with Crippen LogP contribution in [0.5, 0.6) is 0 Å². The fraction of sp³-hybridized carbons (Fsp3) is 0. The van der Waals surface area contributed by atoms with Crippen LogP contribution < -0.4 is 0 Å².